The largest absolute Gasteiger partial charge is 0.493 e. The smallest absolute Gasteiger partial charge is 0.258 e. The summed E-state index contributed by atoms with van der Waals surface area (Å²) in [5, 5.41) is 21.0. The molecule has 2 aromatic heterocycles. The Morgan fingerprint density at radius 2 is 2.04 bits per heavy atom. The van der Waals surface area contributed by atoms with E-state index in [4.69, 9.17) is 0 Å². The van der Waals surface area contributed by atoms with Gasteiger partial charge < -0.3 is 10.1 Å². The van der Waals surface area contributed by atoms with Crippen molar-refractivity contribution in [3.8, 4) is 5.88 Å². The first-order valence-electron chi connectivity index (χ1n) is 8.30. The first-order chi connectivity index (χ1) is 13.5. The highest BCUT2D eigenvalue weighted by Crippen LogP contribution is 2.28. The lowest BCUT2D eigenvalue weighted by Crippen LogP contribution is -2.17. The number of anilines is 1. The SMILES string of the molecule is CCc1c(O)nc(SCC(=O)Nc2nnc(SCc3ccccc3)s2)[nH]c1=O. The highest BCUT2D eigenvalue weighted by Gasteiger charge is 2.12. The Balaban J connectivity index is 1.50. The normalized spacial score (nSPS) is 10.8. The van der Waals surface area contributed by atoms with Crippen molar-refractivity contribution >= 4 is 45.9 Å². The summed E-state index contributed by atoms with van der Waals surface area (Å²) in [5.74, 6) is 0.177. The van der Waals surface area contributed by atoms with Crippen LogP contribution < -0.4 is 10.9 Å². The van der Waals surface area contributed by atoms with Crippen LogP contribution in [0, 0.1) is 0 Å². The van der Waals surface area contributed by atoms with Crippen molar-refractivity contribution in [1.82, 2.24) is 20.2 Å². The number of aromatic hydroxyl groups is 1. The van der Waals surface area contributed by atoms with Gasteiger partial charge in [-0.3, -0.25) is 14.9 Å². The maximum atomic E-state index is 12.1. The summed E-state index contributed by atoms with van der Waals surface area (Å²) in [7, 11) is 0. The number of nitrogens with zero attached hydrogens (tertiary/aromatic N) is 3. The fourth-order valence-electron chi connectivity index (χ4n) is 2.18. The van der Waals surface area contributed by atoms with Gasteiger partial charge >= 0.3 is 0 Å². The van der Waals surface area contributed by atoms with Crippen LogP contribution in [0.1, 0.15) is 18.1 Å². The van der Waals surface area contributed by atoms with Crippen LogP contribution >= 0.6 is 34.9 Å². The second-order valence-corrected chi connectivity index (χ2v) is 8.68. The van der Waals surface area contributed by atoms with Gasteiger partial charge in [0, 0.05) is 5.75 Å². The van der Waals surface area contributed by atoms with Gasteiger partial charge in [0.15, 0.2) is 9.50 Å². The minimum atomic E-state index is -0.401. The zero-order valence-corrected chi connectivity index (χ0v) is 17.3. The summed E-state index contributed by atoms with van der Waals surface area (Å²) in [5.41, 5.74) is 1.01. The third kappa shape index (κ3) is 5.57. The molecule has 3 aromatic rings. The third-order valence-corrected chi connectivity index (χ3v) is 6.44. The Labute approximate surface area is 173 Å². The van der Waals surface area contributed by atoms with Gasteiger partial charge in [0.05, 0.1) is 11.3 Å². The first-order valence-corrected chi connectivity index (χ1v) is 11.1. The van der Waals surface area contributed by atoms with Crippen molar-refractivity contribution < 1.29 is 9.90 Å². The van der Waals surface area contributed by atoms with Crippen LogP contribution in [0.4, 0.5) is 5.13 Å². The van der Waals surface area contributed by atoms with E-state index in [9.17, 15) is 14.7 Å². The summed E-state index contributed by atoms with van der Waals surface area (Å²) in [6.07, 6.45) is 0.376. The number of H-pyrrole nitrogens is 1. The van der Waals surface area contributed by atoms with Crippen LogP contribution in [0.3, 0.4) is 0 Å². The Kier molecular flexibility index (Phi) is 7.06. The van der Waals surface area contributed by atoms with Crippen molar-refractivity contribution in [3.63, 3.8) is 0 Å². The maximum absolute atomic E-state index is 12.1. The molecule has 0 aliphatic heterocycles. The van der Waals surface area contributed by atoms with Gasteiger partial charge in [0.2, 0.25) is 16.9 Å². The minimum absolute atomic E-state index is 0.0138. The second kappa shape index (κ2) is 9.71. The summed E-state index contributed by atoms with van der Waals surface area (Å²) < 4.78 is 0.762. The van der Waals surface area contributed by atoms with E-state index in [1.54, 1.807) is 18.7 Å². The fourth-order valence-corrected chi connectivity index (χ4v) is 4.56. The number of rotatable bonds is 8. The molecular formula is C17H17N5O3S3. The highest BCUT2D eigenvalue weighted by atomic mass is 32.2. The molecule has 0 spiro atoms. The Morgan fingerprint density at radius 3 is 2.75 bits per heavy atom. The molecule has 0 bridgehead atoms. The molecule has 8 nitrogen and oxygen atoms in total. The van der Waals surface area contributed by atoms with Crippen LogP contribution in [0.2, 0.25) is 0 Å². The molecule has 0 aliphatic rings. The van der Waals surface area contributed by atoms with Crippen LogP contribution in [0.25, 0.3) is 0 Å². The maximum Gasteiger partial charge on any atom is 0.258 e. The molecule has 2 heterocycles. The van der Waals surface area contributed by atoms with Crippen molar-refractivity contribution in [1.29, 1.82) is 0 Å². The van der Waals surface area contributed by atoms with Crippen LogP contribution in [0.5, 0.6) is 5.88 Å². The number of nitrogens with one attached hydrogen (secondary N) is 2. The number of aromatic amines is 1. The molecule has 28 heavy (non-hydrogen) atoms. The molecule has 1 amide bonds. The lowest BCUT2D eigenvalue weighted by Gasteiger charge is -2.04. The Morgan fingerprint density at radius 1 is 1.25 bits per heavy atom. The number of benzene rings is 1. The monoisotopic (exact) mass is 435 g/mol. The van der Waals surface area contributed by atoms with E-state index in [2.05, 4.69) is 25.5 Å². The van der Waals surface area contributed by atoms with Crippen molar-refractivity contribution in [3.05, 3.63) is 51.8 Å². The van der Waals surface area contributed by atoms with Crippen molar-refractivity contribution in [2.45, 2.75) is 28.6 Å². The number of carbonyl (C=O) groups excluding carboxylic acids is 1. The third-order valence-electron chi connectivity index (χ3n) is 3.52. The van der Waals surface area contributed by atoms with Crippen molar-refractivity contribution in [2.75, 3.05) is 11.1 Å². The van der Waals surface area contributed by atoms with Gasteiger partial charge in [-0.05, 0) is 12.0 Å². The zero-order chi connectivity index (χ0) is 19.9. The number of amides is 1. The second-order valence-electron chi connectivity index (χ2n) is 5.51. The average molecular weight is 436 g/mol. The van der Waals surface area contributed by atoms with E-state index < -0.39 is 5.56 Å². The Bertz CT molecular complexity index is 1010. The van der Waals surface area contributed by atoms with Crippen molar-refractivity contribution in [2.24, 2.45) is 0 Å². The number of hydrogen-bond donors (Lipinski definition) is 3. The molecule has 0 fully saturated rings. The molecule has 0 unspecified atom stereocenters. The van der Waals surface area contributed by atoms with Gasteiger partial charge in [-0.2, -0.15) is 4.98 Å². The minimum Gasteiger partial charge on any atom is -0.493 e. The zero-order valence-electron chi connectivity index (χ0n) is 14.8. The van der Waals surface area contributed by atoms with Gasteiger partial charge in [0.1, 0.15) is 0 Å². The predicted octanol–water partition coefficient (Wildman–Crippen LogP) is 2.91. The van der Waals surface area contributed by atoms with Gasteiger partial charge in [-0.25, -0.2) is 0 Å². The summed E-state index contributed by atoms with van der Waals surface area (Å²) in [6, 6.07) is 10.0. The van der Waals surface area contributed by atoms with E-state index in [-0.39, 0.29) is 28.3 Å². The fraction of sp³-hybridized carbons (Fsp3) is 0.235. The molecular weight excluding hydrogens is 418 g/mol. The van der Waals surface area contributed by atoms with Crippen LogP contribution in [0.15, 0.2) is 44.6 Å². The molecule has 11 heteroatoms. The van der Waals surface area contributed by atoms with E-state index in [1.165, 1.54) is 16.9 Å². The number of thioether (sulfide) groups is 2. The number of hydrogen-bond acceptors (Lipinski definition) is 9. The number of carbonyl (C=O) groups is 1. The average Bonchev–Trinajstić information content (AvgIpc) is 3.13. The molecule has 0 radical (unpaired) electrons. The standard InChI is InChI=1S/C17H17N5O3S3/c1-2-11-13(24)19-15(20-14(11)25)26-9-12(23)18-16-21-22-17(28-16)27-8-10-6-4-3-5-7-10/h3-7H,2,8-9H2,1H3,(H,18,21,23)(H2,19,20,24,25). The lowest BCUT2D eigenvalue weighted by molar-refractivity contribution is -0.113. The molecule has 1 aromatic carbocycles. The topological polar surface area (TPSA) is 121 Å². The predicted molar refractivity (Wildman–Crippen MR) is 111 cm³/mol. The molecule has 3 rings (SSSR count). The Hall–Kier alpha value is -2.37. The van der Waals surface area contributed by atoms with Gasteiger partial charge in [-0.15, -0.1) is 10.2 Å². The summed E-state index contributed by atoms with van der Waals surface area (Å²) in [4.78, 5) is 30.3. The van der Waals surface area contributed by atoms with E-state index >= 15 is 0 Å². The number of aromatic nitrogens is 4. The molecule has 0 atom stereocenters. The van der Waals surface area contributed by atoms with Gasteiger partial charge in [0.25, 0.3) is 5.56 Å². The van der Waals surface area contributed by atoms with Crippen LogP contribution in [-0.4, -0.2) is 36.9 Å². The lowest BCUT2D eigenvalue weighted by atomic mass is 10.2. The molecule has 0 aliphatic carbocycles. The van der Waals surface area contributed by atoms with E-state index in [1.807, 2.05) is 30.3 Å². The molecule has 146 valence electrons. The summed E-state index contributed by atoms with van der Waals surface area (Å²) in [6.45, 7) is 1.75. The first kappa shape index (κ1) is 20.4. The molecule has 3 N–H and O–H groups in total. The van der Waals surface area contributed by atoms with E-state index in [0.29, 0.717) is 11.6 Å². The summed E-state index contributed by atoms with van der Waals surface area (Å²) >= 11 is 3.87. The van der Waals surface area contributed by atoms with Gasteiger partial charge in [-0.1, -0.05) is 72.1 Å². The highest BCUT2D eigenvalue weighted by molar-refractivity contribution is 8.00. The quantitative estimate of drug-likeness (QED) is 0.281. The van der Waals surface area contributed by atoms with Crippen LogP contribution in [-0.2, 0) is 17.0 Å². The molecule has 0 saturated heterocycles. The molecule has 0 saturated carbocycles. The van der Waals surface area contributed by atoms with E-state index in [0.717, 1.165) is 21.9 Å².